The van der Waals surface area contributed by atoms with E-state index < -0.39 is 10.0 Å². The second-order valence-corrected chi connectivity index (χ2v) is 7.11. The molecular formula is C14H22N2O3S. The van der Waals surface area contributed by atoms with Crippen LogP contribution in [0.5, 0.6) is 5.75 Å². The third-order valence-corrected chi connectivity index (χ3v) is 5.52. The normalized spacial score (nSPS) is 17.7. The predicted molar refractivity (Wildman–Crippen MR) is 79.4 cm³/mol. The number of rotatable bonds is 3. The molecule has 0 aliphatic carbocycles. The topological polar surface area (TPSA) is 72.6 Å². The molecule has 1 aromatic rings. The number of nitrogens with zero attached hydrogens (tertiary/aromatic N) is 1. The minimum Gasteiger partial charge on any atom is -0.493 e. The fourth-order valence-corrected chi connectivity index (χ4v) is 4.39. The molecule has 0 unspecified atom stereocenters. The van der Waals surface area contributed by atoms with E-state index in [2.05, 4.69) is 0 Å². The summed E-state index contributed by atoms with van der Waals surface area (Å²) in [4.78, 5) is 0.180. The van der Waals surface area contributed by atoms with Gasteiger partial charge in [-0.3, -0.25) is 0 Å². The average Bonchev–Trinajstić information content (AvgIpc) is 2.67. The lowest BCUT2D eigenvalue weighted by molar-refractivity contribution is 0.393. The zero-order valence-corrected chi connectivity index (χ0v) is 12.9. The number of hydrogen-bond acceptors (Lipinski definition) is 4. The van der Waals surface area contributed by atoms with E-state index in [1.165, 1.54) is 7.11 Å². The van der Waals surface area contributed by atoms with E-state index in [4.69, 9.17) is 10.5 Å². The summed E-state index contributed by atoms with van der Waals surface area (Å²) in [6.07, 6.45) is 3.98. The highest BCUT2D eigenvalue weighted by atomic mass is 32.2. The third kappa shape index (κ3) is 2.91. The third-order valence-electron chi connectivity index (χ3n) is 3.61. The fraction of sp³-hybridized carbons (Fsp3) is 0.571. The molecule has 5 nitrogen and oxygen atoms in total. The summed E-state index contributed by atoms with van der Waals surface area (Å²) in [5, 5.41) is 0. The Morgan fingerprint density at radius 3 is 2.30 bits per heavy atom. The van der Waals surface area contributed by atoms with Crippen LogP contribution in [0.25, 0.3) is 0 Å². The van der Waals surface area contributed by atoms with Gasteiger partial charge < -0.3 is 10.5 Å². The minimum absolute atomic E-state index is 0.180. The van der Waals surface area contributed by atoms with Crippen LogP contribution in [0, 0.1) is 6.92 Å². The van der Waals surface area contributed by atoms with E-state index in [-0.39, 0.29) is 10.6 Å². The van der Waals surface area contributed by atoms with Gasteiger partial charge in [-0.1, -0.05) is 12.8 Å². The number of sulfonamides is 1. The monoisotopic (exact) mass is 298 g/mol. The summed E-state index contributed by atoms with van der Waals surface area (Å²) in [5.41, 5.74) is 7.06. The number of ether oxygens (including phenoxy) is 1. The van der Waals surface area contributed by atoms with Crippen LogP contribution in [0.1, 0.15) is 31.2 Å². The van der Waals surface area contributed by atoms with E-state index in [9.17, 15) is 8.42 Å². The number of benzene rings is 1. The molecule has 1 aliphatic heterocycles. The molecule has 1 fully saturated rings. The Balaban J connectivity index is 2.47. The van der Waals surface area contributed by atoms with E-state index in [0.29, 0.717) is 18.8 Å². The lowest BCUT2D eigenvalue weighted by Crippen LogP contribution is -2.32. The lowest BCUT2D eigenvalue weighted by atomic mass is 10.2. The quantitative estimate of drug-likeness (QED) is 0.868. The van der Waals surface area contributed by atoms with Gasteiger partial charge in [-0.05, 0) is 37.5 Å². The van der Waals surface area contributed by atoms with Crippen LogP contribution >= 0.6 is 0 Å². The maximum Gasteiger partial charge on any atom is 0.246 e. The van der Waals surface area contributed by atoms with E-state index in [1.807, 2.05) is 6.92 Å². The van der Waals surface area contributed by atoms with E-state index in [0.717, 1.165) is 31.2 Å². The van der Waals surface area contributed by atoms with Crippen LogP contribution < -0.4 is 10.5 Å². The summed E-state index contributed by atoms with van der Waals surface area (Å²) < 4.78 is 32.4. The van der Waals surface area contributed by atoms with Crippen LogP contribution in [0.2, 0.25) is 0 Å². The van der Waals surface area contributed by atoms with Crippen molar-refractivity contribution in [2.75, 3.05) is 25.9 Å². The number of nitrogens with two attached hydrogens (primary N) is 1. The van der Waals surface area contributed by atoms with Crippen LogP contribution in [-0.2, 0) is 10.0 Å². The molecule has 1 saturated heterocycles. The molecule has 0 amide bonds. The molecule has 2 rings (SSSR count). The zero-order chi connectivity index (χ0) is 14.8. The van der Waals surface area contributed by atoms with Gasteiger partial charge in [0.1, 0.15) is 4.90 Å². The molecule has 0 radical (unpaired) electrons. The Morgan fingerprint density at radius 1 is 1.15 bits per heavy atom. The fourth-order valence-electron chi connectivity index (χ4n) is 2.60. The lowest BCUT2D eigenvalue weighted by Gasteiger charge is -2.22. The maximum absolute atomic E-state index is 12.8. The van der Waals surface area contributed by atoms with Crippen molar-refractivity contribution in [3.8, 4) is 5.75 Å². The molecule has 1 heterocycles. The van der Waals surface area contributed by atoms with Gasteiger partial charge in [-0.15, -0.1) is 0 Å². The van der Waals surface area contributed by atoms with Crippen LogP contribution in [-0.4, -0.2) is 32.9 Å². The van der Waals surface area contributed by atoms with Crippen molar-refractivity contribution >= 4 is 15.7 Å². The largest absolute Gasteiger partial charge is 0.493 e. The number of methoxy groups -OCH3 is 1. The number of nitrogen functional groups attached to an aromatic ring is 1. The first kappa shape index (κ1) is 15.1. The average molecular weight is 298 g/mol. The molecule has 1 aromatic carbocycles. The molecular weight excluding hydrogens is 276 g/mol. The SMILES string of the molecule is COc1c(N)cc(C)cc1S(=O)(=O)N1CCCCCC1. The Bertz CT molecular complexity index is 576. The van der Waals surface area contributed by atoms with Crippen LogP contribution in [0.4, 0.5) is 5.69 Å². The molecule has 112 valence electrons. The Kier molecular flexibility index (Phi) is 4.55. The van der Waals surface area contributed by atoms with Gasteiger partial charge >= 0.3 is 0 Å². The maximum atomic E-state index is 12.8. The second kappa shape index (κ2) is 6.01. The number of hydrogen-bond donors (Lipinski definition) is 1. The highest BCUT2D eigenvalue weighted by Crippen LogP contribution is 2.34. The number of aryl methyl sites for hydroxylation is 1. The minimum atomic E-state index is -3.54. The first-order valence-corrected chi connectivity index (χ1v) is 8.35. The second-order valence-electron chi connectivity index (χ2n) is 5.20. The van der Waals surface area contributed by atoms with Gasteiger partial charge in [0.25, 0.3) is 0 Å². The summed E-state index contributed by atoms with van der Waals surface area (Å²) in [6.45, 7) is 2.97. The molecule has 0 spiro atoms. The standard InChI is InChI=1S/C14H22N2O3S/c1-11-9-12(15)14(19-2)13(10-11)20(17,18)16-7-5-3-4-6-8-16/h9-10H,3-8,15H2,1-2H3. The molecule has 0 saturated carbocycles. The summed E-state index contributed by atoms with van der Waals surface area (Å²) in [7, 11) is -2.10. The van der Waals surface area contributed by atoms with Gasteiger partial charge in [0, 0.05) is 13.1 Å². The first-order chi connectivity index (χ1) is 9.46. The highest BCUT2D eigenvalue weighted by molar-refractivity contribution is 7.89. The van der Waals surface area contributed by atoms with Crippen molar-refractivity contribution in [1.29, 1.82) is 0 Å². The van der Waals surface area contributed by atoms with Crippen LogP contribution in [0.3, 0.4) is 0 Å². The summed E-state index contributed by atoms with van der Waals surface area (Å²) >= 11 is 0. The molecule has 2 N–H and O–H groups in total. The predicted octanol–water partition coefficient (Wildman–Crippen LogP) is 2.15. The summed E-state index contributed by atoms with van der Waals surface area (Å²) in [5.74, 6) is 0.250. The van der Waals surface area contributed by atoms with Crippen molar-refractivity contribution in [3.05, 3.63) is 17.7 Å². The van der Waals surface area contributed by atoms with Gasteiger partial charge in [-0.2, -0.15) is 4.31 Å². The first-order valence-electron chi connectivity index (χ1n) is 6.91. The summed E-state index contributed by atoms with van der Waals surface area (Å²) in [6, 6.07) is 3.36. The molecule has 0 atom stereocenters. The van der Waals surface area contributed by atoms with Crippen molar-refractivity contribution < 1.29 is 13.2 Å². The van der Waals surface area contributed by atoms with Gasteiger partial charge in [0.05, 0.1) is 12.8 Å². The Morgan fingerprint density at radius 2 is 1.75 bits per heavy atom. The molecule has 0 bridgehead atoms. The van der Waals surface area contributed by atoms with Gasteiger partial charge in [0.2, 0.25) is 10.0 Å². The van der Waals surface area contributed by atoms with Gasteiger partial charge in [-0.25, -0.2) is 8.42 Å². The molecule has 0 aromatic heterocycles. The number of anilines is 1. The zero-order valence-electron chi connectivity index (χ0n) is 12.1. The molecule has 20 heavy (non-hydrogen) atoms. The van der Waals surface area contributed by atoms with Crippen molar-refractivity contribution in [2.24, 2.45) is 0 Å². The van der Waals surface area contributed by atoms with E-state index >= 15 is 0 Å². The highest BCUT2D eigenvalue weighted by Gasteiger charge is 2.29. The van der Waals surface area contributed by atoms with Gasteiger partial charge in [0.15, 0.2) is 5.75 Å². The molecule has 1 aliphatic rings. The van der Waals surface area contributed by atoms with Crippen molar-refractivity contribution in [3.63, 3.8) is 0 Å². The van der Waals surface area contributed by atoms with E-state index in [1.54, 1.807) is 16.4 Å². The van der Waals surface area contributed by atoms with Crippen LogP contribution in [0.15, 0.2) is 17.0 Å². The van der Waals surface area contributed by atoms with Crippen molar-refractivity contribution in [2.45, 2.75) is 37.5 Å². The molecule has 6 heteroatoms. The Hall–Kier alpha value is -1.27. The van der Waals surface area contributed by atoms with Crippen molar-refractivity contribution in [1.82, 2.24) is 4.31 Å². The Labute approximate surface area is 120 Å². The smallest absolute Gasteiger partial charge is 0.246 e.